The van der Waals surface area contributed by atoms with E-state index in [-0.39, 0.29) is 61.6 Å². The van der Waals surface area contributed by atoms with Crippen LogP contribution in [-0.2, 0) is 14.3 Å². The number of anilines is 2. The van der Waals surface area contributed by atoms with Crippen LogP contribution in [0.1, 0.15) is 41.4 Å². The van der Waals surface area contributed by atoms with Gasteiger partial charge in [-0.3, -0.25) is 28.8 Å². The predicted octanol–water partition coefficient (Wildman–Crippen LogP) is -1.10. The fourth-order valence-corrected chi connectivity index (χ4v) is 13.6. The van der Waals surface area contributed by atoms with E-state index in [0.29, 0.717) is 4.90 Å². The lowest BCUT2D eigenvalue weighted by Gasteiger charge is -2.29. The zero-order chi connectivity index (χ0) is 44.0. The molecule has 0 heterocycles. The van der Waals surface area contributed by atoms with Crippen LogP contribution in [0.3, 0.4) is 0 Å². The molecule has 0 aliphatic heterocycles. The van der Waals surface area contributed by atoms with E-state index in [2.05, 4.69) is 26.6 Å². The Bertz CT molecular complexity index is 1820. The van der Waals surface area contributed by atoms with E-state index in [4.69, 9.17) is 4.74 Å². The molecular formula is C32H38I6N6O14. The first-order chi connectivity index (χ1) is 27.3. The standard InChI is InChI=1S/C32H38I6N6O14/c1-58-11-15(52)43-27-23(35)17(29(54)40-4-12(49)8-46)22(34)20(24(27)36)32(57)44(16(53)7-39-2-3-45)28-25(37)18(30(55)41-5-13(50)9-47)21(33)19(26(28)38)31(56)42-6-14(51)10-48/h12-14,39,45-51H,2-11H2,1H3,(H,40,54)(H,41,55)(H,42,56)(H,43,52). The van der Waals surface area contributed by atoms with Crippen molar-refractivity contribution in [2.45, 2.75) is 18.3 Å². The van der Waals surface area contributed by atoms with E-state index in [0.717, 1.165) is 0 Å². The maximum Gasteiger partial charge on any atom is 0.267 e. The molecule has 2 aromatic carbocycles. The molecule has 0 aromatic heterocycles. The summed E-state index contributed by atoms with van der Waals surface area (Å²) in [4.78, 5) is 84.5. The average molecular weight is 1490 g/mol. The monoisotopic (exact) mass is 1490 g/mol. The van der Waals surface area contributed by atoms with E-state index in [1.54, 1.807) is 136 Å². The van der Waals surface area contributed by atoms with Gasteiger partial charge >= 0.3 is 0 Å². The number of rotatable bonds is 21. The maximum atomic E-state index is 15.2. The van der Waals surface area contributed by atoms with Crippen LogP contribution in [0.5, 0.6) is 0 Å². The lowest BCUT2D eigenvalue weighted by Crippen LogP contribution is -2.45. The average Bonchev–Trinajstić information content (AvgIpc) is 3.18. The van der Waals surface area contributed by atoms with E-state index < -0.39 is 113 Å². The van der Waals surface area contributed by atoms with Crippen LogP contribution in [-0.4, -0.2) is 162 Å². The Morgan fingerprint density at radius 1 is 0.621 bits per heavy atom. The highest BCUT2D eigenvalue weighted by molar-refractivity contribution is 14.1. The molecule has 0 aliphatic rings. The third-order valence-corrected chi connectivity index (χ3v) is 13.8. The number of hydrogen-bond acceptors (Lipinski definition) is 15. The quantitative estimate of drug-likeness (QED) is 0.0522. The Morgan fingerprint density at radius 3 is 1.41 bits per heavy atom. The summed E-state index contributed by atoms with van der Waals surface area (Å²) in [5.74, 6) is -5.34. The minimum absolute atomic E-state index is 0.0194. The molecule has 6 amide bonds. The Hall–Kier alpha value is -0.520. The summed E-state index contributed by atoms with van der Waals surface area (Å²) < 4.78 is 5.05. The number of benzene rings is 2. The van der Waals surface area contributed by atoms with E-state index in [1.165, 1.54) is 7.11 Å². The molecule has 0 bridgehead atoms. The van der Waals surface area contributed by atoms with Crippen molar-refractivity contribution in [2.24, 2.45) is 0 Å². The van der Waals surface area contributed by atoms with Crippen molar-refractivity contribution in [3.8, 4) is 0 Å². The fraction of sp³-hybridized carbons (Fsp3) is 0.438. The van der Waals surface area contributed by atoms with Gasteiger partial charge in [0.1, 0.15) is 6.61 Å². The molecule has 0 saturated carbocycles. The van der Waals surface area contributed by atoms with Crippen LogP contribution >= 0.6 is 136 Å². The Morgan fingerprint density at radius 2 is 1.02 bits per heavy atom. The van der Waals surface area contributed by atoms with E-state index in [1.807, 2.05) is 0 Å². The number of nitrogens with one attached hydrogen (secondary N) is 5. The largest absolute Gasteiger partial charge is 0.395 e. The van der Waals surface area contributed by atoms with Gasteiger partial charge < -0.3 is 67.1 Å². The van der Waals surface area contributed by atoms with Crippen molar-refractivity contribution < 1.29 is 69.2 Å². The van der Waals surface area contributed by atoms with E-state index >= 15 is 4.79 Å². The number of carbonyl (C=O) groups excluding carboxylic acids is 6. The molecule has 0 fully saturated rings. The molecule has 0 aliphatic carbocycles. The van der Waals surface area contributed by atoms with Crippen molar-refractivity contribution in [3.63, 3.8) is 0 Å². The normalized spacial score (nSPS) is 12.7. The summed E-state index contributed by atoms with van der Waals surface area (Å²) >= 11 is 10.4. The predicted molar refractivity (Wildman–Crippen MR) is 258 cm³/mol. The summed E-state index contributed by atoms with van der Waals surface area (Å²) in [5.41, 5.74) is -1.23. The Balaban J connectivity index is 3.17. The minimum atomic E-state index is -1.37. The highest BCUT2D eigenvalue weighted by Gasteiger charge is 2.38. The second-order valence-corrected chi connectivity index (χ2v) is 18.1. The number of carbonyl (C=O) groups is 6. The van der Waals surface area contributed by atoms with E-state index in [9.17, 15) is 59.7 Å². The first-order valence-electron chi connectivity index (χ1n) is 16.4. The van der Waals surface area contributed by atoms with Crippen molar-refractivity contribution in [3.05, 3.63) is 43.7 Å². The van der Waals surface area contributed by atoms with Gasteiger partial charge in [-0.25, -0.2) is 4.90 Å². The van der Waals surface area contributed by atoms with Crippen molar-refractivity contribution >= 4 is 182 Å². The molecule has 0 saturated heterocycles. The molecule has 0 spiro atoms. The SMILES string of the molecule is COCC(=O)Nc1c(I)c(C(=O)NCC(O)CO)c(I)c(C(=O)N(C(=O)CNCCO)c2c(I)c(C(=O)NCC(O)CO)c(I)c(C(=O)NCC(O)CO)c2I)c1I. The Kier molecular flexibility index (Phi) is 24.2. The molecule has 26 heteroatoms. The molecule has 2 rings (SSSR count). The van der Waals surface area contributed by atoms with Gasteiger partial charge in [0, 0.05) is 40.4 Å². The smallest absolute Gasteiger partial charge is 0.267 e. The fourth-order valence-electron chi connectivity index (χ4n) is 4.61. The maximum absolute atomic E-state index is 15.2. The van der Waals surface area contributed by atoms with Crippen molar-refractivity contribution in [1.29, 1.82) is 0 Å². The molecule has 3 atom stereocenters. The van der Waals surface area contributed by atoms with Crippen LogP contribution < -0.4 is 31.5 Å². The van der Waals surface area contributed by atoms with Gasteiger partial charge in [-0.05, 0) is 136 Å². The number of halogens is 6. The Labute approximate surface area is 413 Å². The highest BCUT2D eigenvalue weighted by Crippen LogP contribution is 2.41. The number of hydrogen-bond donors (Lipinski definition) is 12. The summed E-state index contributed by atoms with van der Waals surface area (Å²) in [6, 6.07) is 0. The summed E-state index contributed by atoms with van der Waals surface area (Å²) in [6.45, 7) is -4.84. The van der Waals surface area contributed by atoms with Gasteiger partial charge in [0.25, 0.3) is 23.6 Å². The summed E-state index contributed by atoms with van der Waals surface area (Å²) in [7, 11) is 1.27. The van der Waals surface area contributed by atoms with Crippen molar-refractivity contribution in [2.75, 3.05) is 83.1 Å². The number of nitrogens with zero attached hydrogens (tertiary/aromatic N) is 1. The third-order valence-electron chi connectivity index (χ3n) is 7.41. The molecule has 3 unspecified atom stereocenters. The van der Waals surface area contributed by atoms with Crippen molar-refractivity contribution in [1.82, 2.24) is 21.3 Å². The lowest BCUT2D eigenvalue weighted by molar-refractivity contribution is -0.119. The van der Waals surface area contributed by atoms with Crippen LogP contribution in [0.25, 0.3) is 0 Å². The molecule has 2 aromatic rings. The van der Waals surface area contributed by atoms with Gasteiger partial charge in [-0.15, -0.1) is 0 Å². The van der Waals surface area contributed by atoms with Gasteiger partial charge in [0.15, 0.2) is 0 Å². The van der Waals surface area contributed by atoms with Crippen LogP contribution in [0.15, 0.2) is 0 Å². The first kappa shape index (κ1) is 53.6. The summed E-state index contributed by atoms with van der Waals surface area (Å²) in [6.07, 6.45) is -4.08. The van der Waals surface area contributed by atoms with Crippen LogP contribution in [0.4, 0.5) is 11.4 Å². The van der Waals surface area contributed by atoms with Crippen LogP contribution in [0.2, 0.25) is 0 Å². The molecular weight excluding hydrogens is 1450 g/mol. The summed E-state index contributed by atoms with van der Waals surface area (Å²) in [5, 5.41) is 80.0. The second-order valence-electron chi connectivity index (χ2n) is 11.7. The zero-order valence-corrected chi connectivity index (χ0v) is 43.0. The lowest BCUT2D eigenvalue weighted by atomic mass is 10.0. The number of methoxy groups -OCH3 is 1. The zero-order valence-electron chi connectivity index (χ0n) is 30.0. The third kappa shape index (κ3) is 14.0. The molecule has 12 N–H and O–H groups in total. The number of aliphatic hydroxyl groups excluding tert-OH is 7. The number of imide groups is 1. The number of ether oxygens (including phenoxy) is 1. The molecule has 0 radical (unpaired) electrons. The molecule has 322 valence electrons. The number of aliphatic hydroxyl groups is 7. The van der Waals surface area contributed by atoms with Gasteiger partial charge in [0.2, 0.25) is 11.8 Å². The first-order valence-corrected chi connectivity index (χ1v) is 22.9. The van der Waals surface area contributed by atoms with Gasteiger partial charge in [-0.2, -0.15) is 0 Å². The molecule has 58 heavy (non-hydrogen) atoms. The molecule has 20 nitrogen and oxygen atoms in total. The topological polar surface area (TPSA) is 317 Å². The van der Waals surface area contributed by atoms with Gasteiger partial charge in [0.05, 0.1) is 99.2 Å². The van der Waals surface area contributed by atoms with Crippen LogP contribution in [0, 0.1) is 21.4 Å². The van der Waals surface area contributed by atoms with Gasteiger partial charge in [-0.1, -0.05) is 0 Å². The minimum Gasteiger partial charge on any atom is -0.395 e. The highest BCUT2D eigenvalue weighted by atomic mass is 127. The second kappa shape index (κ2) is 26.2. The number of amides is 6.